The third-order valence-electron chi connectivity index (χ3n) is 0.399. The molecule has 0 aromatic carbocycles. The smallest absolute Gasteiger partial charge is 0.0614 e. The molecule has 1 atom stereocenters. The summed E-state index contributed by atoms with van der Waals surface area (Å²) in [5.74, 6) is 0. The van der Waals surface area contributed by atoms with E-state index in [-0.39, 0.29) is 4.34 Å². The zero-order valence-electron chi connectivity index (χ0n) is 3.65. The second-order valence-corrected chi connectivity index (χ2v) is 8.90. The van der Waals surface area contributed by atoms with Gasteiger partial charge in [-0.1, -0.05) is 6.92 Å². The number of halogens is 1. The van der Waals surface area contributed by atoms with E-state index in [4.69, 9.17) is 11.8 Å². The van der Waals surface area contributed by atoms with Gasteiger partial charge in [0.25, 0.3) is 0 Å². The third-order valence-corrected chi connectivity index (χ3v) is 3.19. The van der Waals surface area contributed by atoms with Crippen LogP contribution in [0.4, 0.5) is 0 Å². The van der Waals surface area contributed by atoms with E-state index in [0.29, 0.717) is 0 Å². The first kappa shape index (κ1) is 7.25. The van der Waals surface area contributed by atoms with Crippen LogP contribution in [0, 0.1) is 0 Å². The zero-order chi connectivity index (χ0) is 4.99. The second-order valence-electron chi connectivity index (χ2n) is 1.04. The Hall–Kier alpha value is 1.25. The second kappa shape index (κ2) is 4.41. The SMILES string of the molecule is CCC[P+](=S)I. The molecule has 0 amide bonds. The van der Waals surface area contributed by atoms with Crippen LogP contribution in [-0.2, 0) is 11.8 Å². The van der Waals surface area contributed by atoms with Crippen molar-refractivity contribution in [1.82, 2.24) is 0 Å². The molecule has 0 aliphatic heterocycles. The van der Waals surface area contributed by atoms with Crippen LogP contribution < -0.4 is 0 Å². The Labute approximate surface area is 57.6 Å². The molecular formula is C3H7IPS+. The molecule has 0 N–H and O–H groups in total. The van der Waals surface area contributed by atoms with Crippen molar-refractivity contribution in [2.45, 2.75) is 13.3 Å². The predicted octanol–water partition coefficient (Wildman–Crippen LogP) is 2.69. The molecule has 6 heavy (non-hydrogen) atoms. The van der Waals surface area contributed by atoms with Crippen molar-refractivity contribution in [3.05, 3.63) is 0 Å². The Morgan fingerprint density at radius 3 is 2.33 bits per heavy atom. The van der Waals surface area contributed by atoms with E-state index in [0.717, 1.165) is 0 Å². The van der Waals surface area contributed by atoms with Gasteiger partial charge in [-0.25, -0.2) is 0 Å². The van der Waals surface area contributed by atoms with Gasteiger partial charge >= 0.3 is 0 Å². The number of hydrogen-bond donors (Lipinski definition) is 0. The maximum Gasteiger partial charge on any atom is 0.244 e. The molecule has 0 nitrogen and oxygen atoms in total. The highest BCUT2D eigenvalue weighted by atomic mass is 127. The highest BCUT2D eigenvalue weighted by Gasteiger charge is 1.97. The first-order valence-corrected chi connectivity index (χ1v) is 7.20. The standard InChI is InChI=1S/C3H7IPS/c1-2-3-5(4)6/h2-3H2,1H3/q+1. The molecule has 3 heteroatoms. The molecule has 0 aliphatic carbocycles. The molecule has 36 valence electrons. The van der Waals surface area contributed by atoms with Gasteiger partial charge in [0.2, 0.25) is 26.4 Å². The lowest BCUT2D eigenvalue weighted by Gasteiger charge is -1.69. The van der Waals surface area contributed by atoms with Gasteiger partial charge in [0.1, 0.15) is 6.16 Å². The first-order valence-electron chi connectivity index (χ1n) is 1.87. The molecule has 0 aromatic rings. The van der Waals surface area contributed by atoms with Crippen molar-refractivity contribution in [3.63, 3.8) is 0 Å². The van der Waals surface area contributed by atoms with E-state index in [1.807, 2.05) is 0 Å². The highest BCUT2D eigenvalue weighted by molar-refractivity contribution is 14.2. The van der Waals surface area contributed by atoms with Crippen LogP contribution in [0.25, 0.3) is 0 Å². The van der Waals surface area contributed by atoms with Gasteiger partial charge in [-0.05, 0) is 6.42 Å². The fourth-order valence-corrected chi connectivity index (χ4v) is 2.52. The van der Waals surface area contributed by atoms with E-state index in [2.05, 4.69) is 29.0 Å². The summed E-state index contributed by atoms with van der Waals surface area (Å²) in [7, 11) is 0. The number of hydrogen-bond acceptors (Lipinski definition) is 1. The molecule has 0 radical (unpaired) electrons. The lowest BCUT2D eigenvalue weighted by atomic mass is 10.6. The Morgan fingerprint density at radius 2 is 2.33 bits per heavy atom. The predicted molar refractivity (Wildman–Crippen MR) is 43.5 cm³/mol. The Morgan fingerprint density at radius 1 is 1.83 bits per heavy atom. The van der Waals surface area contributed by atoms with E-state index in [9.17, 15) is 0 Å². The quantitative estimate of drug-likeness (QED) is 0.522. The van der Waals surface area contributed by atoms with Gasteiger partial charge in [-0.3, -0.25) is 0 Å². The summed E-state index contributed by atoms with van der Waals surface area (Å²) in [5, 5.41) is 0. The van der Waals surface area contributed by atoms with E-state index in [1.54, 1.807) is 0 Å². The summed E-state index contributed by atoms with van der Waals surface area (Å²) in [4.78, 5) is 0. The van der Waals surface area contributed by atoms with Crippen molar-refractivity contribution >= 4 is 38.2 Å². The van der Waals surface area contributed by atoms with Crippen molar-refractivity contribution in [1.29, 1.82) is 0 Å². The fourth-order valence-electron chi connectivity index (χ4n) is 0.176. The van der Waals surface area contributed by atoms with Crippen molar-refractivity contribution < 1.29 is 0 Å². The topological polar surface area (TPSA) is 0 Å². The maximum absolute atomic E-state index is 4.93. The van der Waals surface area contributed by atoms with Crippen LogP contribution in [0.2, 0.25) is 0 Å². The van der Waals surface area contributed by atoms with Gasteiger partial charge < -0.3 is 0 Å². The minimum atomic E-state index is -0.0472. The first-order chi connectivity index (χ1) is 2.77. The lowest BCUT2D eigenvalue weighted by molar-refractivity contribution is 1.11. The highest BCUT2D eigenvalue weighted by Crippen LogP contribution is 2.31. The van der Waals surface area contributed by atoms with Gasteiger partial charge in [-0.15, -0.1) is 0 Å². The van der Waals surface area contributed by atoms with Crippen molar-refractivity contribution in [2.75, 3.05) is 6.16 Å². The normalized spacial score (nSPS) is 11.3. The Balaban J connectivity index is 2.83. The Bertz CT molecular complexity index is 54.8. The molecule has 0 heterocycles. The fraction of sp³-hybridized carbons (Fsp3) is 1.00. The molecular weight excluding hydrogens is 226 g/mol. The van der Waals surface area contributed by atoms with Gasteiger partial charge in [0.05, 0.1) is 0 Å². The van der Waals surface area contributed by atoms with E-state index in [1.165, 1.54) is 12.6 Å². The molecule has 0 rings (SSSR count). The van der Waals surface area contributed by atoms with E-state index >= 15 is 0 Å². The molecule has 0 aromatic heterocycles. The summed E-state index contributed by atoms with van der Waals surface area (Å²) in [6, 6.07) is 0. The molecule has 0 fully saturated rings. The monoisotopic (exact) mass is 233 g/mol. The summed E-state index contributed by atoms with van der Waals surface area (Å²) >= 11 is 7.25. The summed E-state index contributed by atoms with van der Waals surface area (Å²) < 4.78 is -0.0472. The van der Waals surface area contributed by atoms with Crippen LogP contribution in [0.1, 0.15) is 13.3 Å². The minimum Gasteiger partial charge on any atom is -0.0614 e. The summed E-state index contributed by atoms with van der Waals surface area (Å²) in [6.07, 6.45) is 2.49. The minimum absolute atomic E-state index is 0.0472. The average molecular weight is 233 g/mol. The number of rotatable bonds is 2. The van der Waals surface area contributed by atoms with Crippen LogP contribution in [0.15, 0.2) is 0 Å². The van der Waals surface area contributed by atoms with Crippen LogP contribution in [-0.4, -0.2) is 6.16 Å². The Kier molecular flexibility index (Phi) is 5.33. The van der Waals surface area contributed by atoms with Crippen LogP contribution in [0.3, 0.4) is 0 Å². The molecule has 0 bridgehead atoms. The largest absolute Gasteiger partial charge is 0.244 e. The van der Waals surface area contributed by atoms with Crippen molar-refractivity contribution in [3.8, 4) is 0 Å². The molecule has 0 saturated heterocycles. The van der Waals surface area contributed by atoms with Crippen LogP contribution >= 0.6 is 26.4 Å². The summed E-state index contributed by atoms with van der Waals surface area (Å²) in [6.45, 7) is 2.17. The summed E-state index contributed by atoms with van der Waals surface area (Å²) in [5.41, 5.74) is 0. The molecule has 0 saturated carbocycles. The maximum atomic E-state index is 4.93. The third kappa shape index (κ3) is 5.25. The van der Waals surface area contributed by atoms with Crippen LogP contribution in [0.5, 0.6) is 0 Å². The van der Waals surface area contributed by atoms with Gasteiger partial charge in [0, 0.05) is 0 Å². The molecule has 1 unspecified atom stereocenters. The molecule has 0 aliphatic rings. The lowest BCUT2D eigenvalue weighted by Crippen LogP contribution is -1.61. The average Bonchev–Trinajstić information content (AvgIpc) is 1.35. The van der Waals surface area contributed by atoms with Gasteiger partial charge in [-0.2, -0.15) is 0 Å². The molecule has 0 spiro atoms. The zero-order valence-corrected chi connectivity index (χ0v) is 7.52. The van der Waals surface area contributed by atoms with E-state index < -0.39 is 0 Å². The van der Waals surface area contributed by atoms with Crippen molar-refractivity contribution in [2.24, 2.45) is 0 Å². The van der Waals surface area contributed by atoms with Gasteiger partial charge in [0.15, 0.2) is 11.8 Å².